The van der Waals surface area contributed by atoms with E-state index in [0.717, 1.165) is 30.2 Å². The highest BCUT2D eigenvalue weighted by molar-refractivity contribution is 7.99. The van der Waals surface area contributed by atoms with E-state index in [2.05, 4.69) is 53.9 Å². The molecule has 0 spiro atoms. The monoisotopic (exact) mass is 379 g/mol. The molecular weight excluding hydrogens is 353 g/mol. The molecule has 0 saturated carbocycles. The molecule has 1 aliphatic heterocycles. The summed E-state index contributed by atoms with van der Waals surface area (Å²) >= 11 is 1.92. The number of hydrogen-bond donors (Lipinski definition) is 2. The van der Waals surface area contributed by atoms with Crippen molar-refractivity contribution >= 4 is 42.5 Å². The fraction of sp³-hybridized carbons (Fsp3) is 0.562. The number of nitrogens with one attached hydrogen (secondary N) is 2. The molecule has 0 bridgehead atoms. The highest BCUT2D eigenvalue weighted by atomic mass is 35.5. The first kappa shape index (κ1) is 22.5. The van der Waals surface area contributed by atoms with Crippen LogP contribution in [0.25, 0.3) is 0 Å². The Labute approximate surface area is 156 Å². The number of carbonyl (C=O) groups is 1. The summed E-state index contributed by atoms with van der Waals surface area (Å²) in [5.74, 6) is 2.32. The second kappa shape index (κ2) is 12.0. The Balaban J connectivity index is 0.00000242. The Morgan fingerprint density at radius 2 is 2.09 bits per heavy atom. The van der Waals surface area contributed by atoms with E-state index in [0.29, 0.717) is 19.0 Å². The SMILES string of the molecule is CN(C)Cc1cccc(CNC(=O)CC2CSCCN2)c1.Cl.Cl. The van der Waals surface area contributed by atoms with Gasteiger partial charge in [-0.05, 0) is 25.2 Å². The van der Waals surface area contributed by atoms with Crippen LogP contribution < -0.4 is 10.6 Å². The Kier molecular flexibility index (Phi) is 11.7. The maximum atomic E-state index is 12.0. The third-order valence-electron chi connectivity index (χ3n) is 3.41. The fourth-order valence-electron chi connectivity index (χ4n) is 2.45. The number of carbonyl (C=O) groups excluding carboxylic acids is 1. The Morgan fingerprint density at radius 1 is 1.35 bits per heavy atom. The second-order valence-electron chi connectivity index (χ2n) is 5.76. The molecule has 1 heterocycles. The van der Waals surface area contributed by atoms with Crippen molar-refractivity contribution in [3.8, 4) is 0 Å². The minimum Gasteiger partial charge on any atom is -0.352 e. The molecule has 132 valence electrons. The Bertz CT molecular complexity index is 468. The predicted molar refractivity (Wildman–Crippen MR) is 104 cm³/mol. The van der Waals surface area contributed by atoms with Crippen molar-refractivity contribution in [3.05, 3.63) is 35.4 Å². The molecule has 23 heavy (non-hydrogen) atoms. The van der Waals surface area contributed by atoms with Crippen LogP contribution in [0, 0.1) is 0 Å². The number of benzene rings is 1. The molecule has 1 saturated heterocycles. The van der Waals surface area contributed by atoms with E-state index in [-0.39, 0.29) is 30.7 Å². The zero-order chi connectivity index (χ0) is 15.1. The number of hydrogen-bond acceptors (Lipinski definition) is 4. The predicted octanol–water partition coefficient (Wildman–Crippen LogP) is 2.30. The molecule has 2 rings (SSSR count). The van der Waals surface area contributed by atoms with E-state index in [1.54, 1.807) is 0 Å². The average Bonchev–Trinajstić information content (AvgIpc) is 2.46. The summed E-state index contributed by atoms with van der Waals surface area (Å²) in [6.07, 6.45) is 0.574. The molecule has 0 radical (unpaired) electrons. The average molecular weight is 380 g/mol. The summed E-state index contributed by atoms with van der Waals surface area (Å²) in [5, 5.41) is 6.42. The van der Waals surface area contributed by atoms with Crippen molar-refractivity contribution in [2.24, 2.45) is 0 Å². The van der Waals surface area contributed by atoms with Gasteiger partial charge >= 0.3 is 0 Å². The fourth-order valence-corrected chi connectivity index (χ4v) is 3.40. The number of thioether (sulfide) groups is 1. The van der Waals surface area contributed by atoms with Gasteiger partial charge < -0.3 is 15.5 Å². The maximum Gasteiger partial charge on any atom is 0.221 e. The highest BCUT2D eigenvalue weighted by Gasteiger charge is 2.16. The third kappa shape index (κ3) is 8.82. The lowest BCUT2D eigenvalue weighted by Crippen LogP contribution is -2.41. The molecule has 7 heteroatoms. The maximum absolute atomic E-state index is 12.0. The molecular formula is C16H27Cl2N3OS. The van der Waals surface area contributed by atoms with Crippen LogP contribution in [-0.4, -0.2) is 49.0 Å². The molecule has 4 nitrogen and oxygen atoms in total. The molecule has 1 aromatic carbocycles. The van der Waals surface area contributed by atoms with E-state index < -0.39 is 0 Å². The van der Waals surface area contributed by atoms with E-state index in [4.69, 9.17) is 0 Å². The van der Waals surface area contributed by atoms with Crippen LogP contribution in [-0.2, 0) is 17.9 Å². The van der Waals surface area contributed by atoms with Gasteiger partial charge in [0.05, 0.1) is 0 Å². The third-order valence-corrected chi connectivity index (χ3v) is 4.54. The molecule has 0 aliphatic carbocycles. The number of halogens is 2. The van der Waals surface area contributed by atoms with Gasteiger partial charge in [0.25, 0.3) is 0 Å². The van der Waals surface area contributed by atoms with Crippen LogP contribution in [0.2, 0.25) is 0 Å². The van der Waals surface area contributed by atoms with Crippen molar-refractivity contribution in [1.29, 1.82) is 0 Å². The molecule has 1 aliphatic rings. The van der Waals surface area contributed by atoms with E-state index >= 15 is 0 Å². The van der Waals surface area contributed by atoms with Crippen molar-refractivity contribution in [2.45, 2.75) is 25.6 Å². The van der Waals surface area contributed by atoms with Crippen LogP contribution in [0.4, 0.5) is 0 Å². The van der Waals surface area contributed by atoms with Gasteiger partial charge in [0.15, 0.2) is 0 Å². The Hall–Kier alpha value is -0.460. The van der Waals surface area contributed by atoms with Gasteiger partial charge in [-0.1, -0.05) is 24.3 Å². The lowest BCUT2D eigenvalue weighted by molar-refractivity contribution is -0.121. The quantitative estimate of drug-likeness (QED) is 0.795. The molecule has 1 atom stereocenters. The first-order valence-corrected chi connectivity index (χ1v) is 8.59. The van der Waals surface area contributed by atoms with Crippen LogP contribution in [0.15, 0.2) is 24.3 Å². The van der Waals surface area contributed by atoms with Crippen molar-refractivity contribution in [2.75, 3.05) is 32.1 Å². The van der Waals surface area contributed by atoms with Gasteiger partial charge in [-0.25, -0.2) is 0 Å². The van der Waals surface area contributed by atoms with Crippen molar-refractivity contribution in [1.82, 2.24) is 15.5 Å². The molecule has 1 aromatic rings. The normalized spacial score (nSPS) is 17.1. The standard InChI is InChI=1S/C16H25N3OS.2ClH/c1-19(2)11-14-5-3-4-13(8-14)10-18-16(20)9-15-12-21-7-6-17-15;;/h3-5,8,15,17H,6-7,9-12H2,1-2H3,(H,18,20);2*1H. The first-order valence-electron chi connectivity index (χ1n) is 7.44. The summed E-state index contributed by atoms with van der Waals surface area (Å²) in [5.41, 5.74) is 2.44. The Morgan fingerprint density at radius 3 is 2.74 bits per heavy atom. The lowest BCUT2D eigenvalue weighted by Gasteiger charge is -2.22. The van der Waals surface area contributed by atoms with Gasteiger partial charge in [-0.15, -0.1) is 24.8 Å². The summed E-state index contributed by atoms with van der Waals surface area (Å²) in [6, 6.07) is 8.72. The van der Waals surface area contributed by atoms with E-state index in [9.17, 15) is 4.79 Å². The highest BCUT2D eigenvalue weighted by Crippen LogP contribution is 2.10. The van der Waals surface area contributed by atoms with Crippen LogP contribution in [0.5, 0.6) is 0 Å². The largest absolute Gasteiger partial charge is 0.352 e. The van der Waals surface area contributed by atoms with E-state index in [1.807, 2.05) is 11.8 Å². The first-order chi connectivity index (χ1) is 10.1. The second-order valence-corrected chi connectivity index (χ2v) is 6.91. The van der Waals surface area contributed by atoms with Gasteiger partial charge in [-0.2, -0.15) is 11.8 Å². The zero-order valence-corrected chi connectivity index (χ0v) is 16.2. The van der Waals surface area contributed by atoms with Gasteiger partial charge in [0.1, 0.15) is 0 Å². The molecule has 2 N–H and O–H groups in total. The van der Waals surface area contributed by atoms with Gasteiger partial charge in [0.2, 0.25) is 5.91 Å². The molecule has 1 unspecified atom stereocenters. The molecule has 1 fully saturated rings. The smallest absolute Gasteiger partial charge is 0.221 e. The minimum atomic E-state index is 0. The zero-order valence-electron chi connectivity index (χ0n) is 13.7. The van der Waals surface area contributed by atoms with Crippen LogP contribution >= 0.6 is 36.6 Å². The summed E-state index contributed by atoms with van der Waals surface area (Å²) in [6.45, 7) is 2.54. The van der Waals surface area contributed by atoms with Crippen LogP contribution in [0.3, 0.4) is 0 Å². The summed E-state index contributed by atoms with van der Waals surface area (Å²) in [4.78, 5) is 14.1. The lowest BCUT2D eigenvalue weighted by atomic mass is 10.1. The number of nitrogens with zero attached hydrogens (tertiary/aromatic N) is 1. The topological polar surface area (TPSA) is 44.4 Å². The van der Waals surface area contributed by atoms with Crippen LogP contribution in [0.1, 0.15) is 17.5 Å². The molecule has 1 amide bonds. The summed E-state index contributed by atoms with van der Waals surface area (Å²) < 4.78 is 0. The van der Waals surface area contributed by atoms with E-state index in [1.165, 1.54) is 5.56 Å². The number of amides is 1. The summed E-state index contributed by atoms with van der Waals surface area (Å²) in [7, 11) is 4.12. The minimum absolute atomic E-state index is 0. The number of rotatable bonds is 6. The molecule has 0 aromatic heterocycles. The van der Waals surface area contributed by atoms with Gasteiger partial charge in [-0.3, -0.25) is 4.79 Å². The van der Waals surface area contributed by atoms with Gasteiger partial charge in [0, 0.05) is 43.6 Å². The van der Waals surface area contributed by atoms with Crippen molar-refractivity contribution < 1.29 is 4.79 Å². The van der Waals surface area contributed by atoms with Crippen molar-refractivity contribution in [3.63, 3.8) is 0 Å².